The maximum Gasteiger partial charge on any atom is 0.328 e. The molecular formula is C15H19BrClNO2. The van der Waals surface area contributed by atoms with Gasteiger partial charge < -0.3 is 5.11 Å². The molecule has 1 atom stereocenters. The summed E-state index contributed by atoms with van der Waals surface area (Å²) in [5, 5.41) is 13.5. The second kappa shape index (κ2) is 6.46. The van der Waals surface area contributed by atoms with Crippen LogP contribution in [-0.4, -0.2) is 17.1 Å². The van der Waals surface area contributed by atoms with E-state index in [1.165, 1.54) is 6.42 Å². The molecule has 1 saturated carbocycles. The molecule has 1 aromatic carbocycles. The molecule has 1 aromatic rings. The van der Waals surface area contributed by atoms with Gasteiger partial charge in [0.25, 0.3) is 0 Å². The van der Waals surface area contributed by atoms with E-state index in [4.69, 9.17) is 11.6 Å². The molecule has 0 aliphatic heterocycles. The third kappa shape index (κ3) is 3.35. The van der Waals surface area contributed by atoms with Crippen molar-refractivity contribution in [3.63, 3.8) is 0 Å². The lowest BCUT2D eigenvalue weighted by atomic mass is 9.87. The summed E-state index contributed by atoms with van der Waals surface area (Å²) in [4.78, 5) is 11.8. The van der Waals surface area contributed by atoms with Crippen LogP contribution in [0.25, 0.3) is 0 Å². The lowest BCUT2D eigenvalue weighted by Gasteiger charge is -2.34. The summed E-state index contributed by atoms with van der Waals surface area (Å²) in [6.45, 7) is 1.69. The number of benzene rings is 1. The number of carboxylic acid groups (broad SMARTS) is 1. The van der Waals surface area contributed by atoms with E-state index in [9.17, 15) is 9.90 Å². The fourth-order valence-corrected chi connectivity index (χ4v) is 3.67. The van der Waals surface area contributed by atoms with Crippen LogP contribution in [0.4, 0.5) is 0 Å². The average molecular weight is 361 g/mol. The quantitative estimate of drug-likeness (QED) is 0.840. The topological polar surface area (TPSA) is 49.3 Å². The fraction of sp³-hybridized carbons (Fsp3) is 0.533. The summed E-state index contributed by atoms with van der Waals surface area (Å²) >= 11 is 9.59. The number of aliphatic carboxylic acids is 1. The van der Waals surface area contributed by atoms with E-state index in [-0.39, 0.29) is 6.04 Å². The summed E-state index contributed by atoms with van der Waals surface area (Å²) < 4.78 is 0.844. The molecule has 1 aliphatic carbocycles. The number of carbonyl (C=O) groups is 1. The smallest absolute Gasteiger partial charge is 0.328 e. The minimum atomic E-state index is -1.15. The van der Waals surface area contributed by atoms with Gasteiger partial charge >= 0.3 is 5.97 Å². The lowest BCUT2D eigenvalue weighted by Crippen LogP contribution is -2.52. The van der Waals surface area contributed by atoms with Crippen LogP contribution in [-0.2, 0) is 10.3 Å². The second-order valence-corrected chi connectivity index (χ2v) is 6.86. The largest absolute Gasteiger partial charge is 0.480 e. The Kier molecular flexibility index (Phi) is 5.10. The highest BCUT2D eigenvalue weighted by molar-refractivity contribution is 9.10. The first kappa shape index (κ1) is 15.8. The van der Waals surface area contributed by atoms with Crippen LogP contribution in [0.15, 0.2) is 22.7 Å². The van der Waals surface area contributed by atoms with Crippen molar-refractivity contribution < 1.29 is 9.90 Å². The average Bonchev–Trinajstić information content (AvgIpc) is 2.39. The number of nitrogens with one attached hydrogen (secondary N) is 1. The minimum absolute atomic E-state index is 0.240. The fourth-order valence-electron chi connectivity index (χ4n) is 2.80. The molecule has 1 aliphatic rings. The van der Waals surface area contributed by atoms with Crippen molar-refractivity contribution in [2.24, 2.45) is 0 Å². The highest BCUT2D eigenvalue weighted by Gasteiger charge is 2.38. The zero-order valence-electron chi connectivity index (χ0n) is 11.5. The normalized spacial score (nSPS) is 19.6. The minimum Gasteiger partial charge on any atom is -0.480 e. The molecule has 2 N–H and O–H groups in total. The summed E-state index contributed by atoms with van der Waals surface area (Å²) in [5.41, 5.74) is -0.541. The Bertz CT molecular complexity index is 503. The third-order valence-electron chi connectivity index (χ3n) is 4.00. The maximum atomic E-state index is 11.8. The molecule has 0 aromatic heterocycles. The van der Waals surface area contributed by atoms with Crippen LogP contribution in [0.2, 0.25) is 5.02 Å². The van der Waals surface area contributed by atoms with E-state index in [1.54, 1.807) is 19.1 Å². The van der Waals surface area contributed by atoms with Gasteiger partial charge in [0.15, 0.2) is 0 Å². The molecule has 20 heavy (non-hydrogen) atoms. The van der Waals surface area contributed by atoms with Crippen LogP contribution in [0.3, 0.4) is 0 Å². The molecular weight excluding hydrogens is 342 g/mol. The van der Waals surface area contributed by atoms with Crippen molar-refractivity contribution in [3.05, 3.63) is 33.3 Å². The predicted molar refractivity (Wildman–Crippen MR) is 84.1 cm³/mol. The molecule has 3 nitrogen and oxygen atoms in total. The SMILES string of the molecule is CC(NC1CCCCC1)(C(=O)O)c1ccc(Br)cc1Cl. The standard InChI is InChI=1S/C15H19BrClNO2/c1-15(14(19)20,18-11-5-3-2-4-6-11)12-8-7-10(16)9-13(12)17/h7-9,11,18H,2-6H2,1H3,(H,19,20). The summed E-state index contributed by atoms with van der Waals surface area (Å²) in [5.74, 6) is -0.896. The van der Waals surface area contributed by atoms with Gasteiger partial charge in [-0.2, -0.15) is 0 Å². The van der Waals surface area contributed by atoms with E-state index >= 15 is 0 Å². The van der Waals surface area contributed by atoms with Gasteiger partial charge in [0.1, 0.15) is 5.54 Å². The van der Waals surface area contributed by atoms with E-state index in [2.05, 4.69) is 21.2 Å². The Labute approximate surface area is 132 Å². The monoisotopic (exact) mass is 359 g/mol. The van der Waals surface area contributed by atoms with Gasteiger partial charge in [0.05, 0.1) is 0 Å². The first-order chi connectivity index (χ1) is 9.43. The zero-order valence-corrected chi connectivity index (χ0v) is 13.8. The molecule has 0 heterocycles. The van der Waals surface area contributed by atoms with Gasteiger partial charge in [0, 0.05) is 21.1 Å². The van der Waals surface area contributed by atoms with Crippen molar-refractivity contribution >= 4 is 33.5 Å². The second-order valence-electron chi connectivity index (χ2n) is 5.53. The first-order valence-corrected chi connectivity index (χ1v) is 8.07. The Morgan fingerprint density at radius 3 is 2.60 bits per heavy atom. The van der Waals surface area contributed by atoms with Gasteiger partial charge in [-0.05, 0) is 31.9 Å². The molecule has 0 amide bonds. The van der Waals surface area contributed by atoms with Gasteiger partial charge in [-0.1, -0.05) is 52.9 Å². The Morgan fingerprint density at radius 1 is 1.40 bits per heavy atom. The van der Waals surface area contributed by atoms with Gasteiger partial charge in [-0.25, -0.2) is 4.79 Å². The van der Waals surface area contributed by atoms with Gasteiger partial charge in [-0.3, -0.25) is 5.32 Å². The third-order valence-corrected chi connectivity index (χ3v) is 4.80. The molecule has 0 bridgehead atoms. The van der Waals surface area contributed by atoms with Crippen LogP contribution in [0.1, 0.15) is 44.6 Å². The van der Waals surface area contributed by atoms with Crippen LogP contribution in [0, 0.1) is 0 Å². The summed E-state index contributed by atoms with van der Waals surface area (Å²) in [6, 6.07) is 5.58. The number of halogens is 2. The van der Waals surface area contributed by atoms with Crippen LogP contribution in [0.5, 0.6) is 0 Å². The molecule has 110 valence electrons. The number of hydrogen-bond donors (Lipinski definition) is 2. The van der Waals surface area contributed by atoms with E-state index < -0.39 is 11.5 Å². The van der Waals surface area contributed by atoms with Crippen molar-refractivity contribution in [2.75, 3.05) is 0 Å². The Balaban J connectivity index is 2.30. The molecule has 0 saturated heterocycles. The Hall–Kier alpha value is -0.580. The molecule has 5 heteroatoms. The highest BCUT2D eigenvalue weighted by atomic mass is 79.9. The Morgan fingerprint density at radius 2 is 2.05 bits per heavy atom. The van der Waals surface area contributed by atoms with E-state index in [0.29, 0.717) is 10.6 Å². The van der Waals surface area contributed by atoms with E-state index in [1.807, 2.05) is 6.07 Å². The summed E-state index contributed by atoms with van der Waals surface area (Å²) in [7, 11) is 0. The van der Waals surface area contributed by atoms with Gasteiger partial charge in [-0.15, -0.1) is 0 Å². The highest BCUT2D eigenvalue weighted by Crippen LogP contribution is 2.32. The number of carboxylic acids is 1. The van der Waals surface area contributed by atoms with E-state index in [0.717, 1.165) is 30.2 Å². The van der Waals surface area contributed by atoms with Crippen molar-refractivity contribution in [1.82, 2.24) is 5.32 Å². The first-order valence-electron chi connectivity index (χ1n) is 6.90. The molecule has 1 unspecified atom stereocenters. The molecule has 1 fully saturated rings. The summed E-state index contributed by atoms with van der Waals surface area (Å²) in [6.07, 6.45) is 5.60. The molecule has 0 radical (unpaired) electrons. The predicted octanol–water partition coefficient (Wildman–Crippen LogP) is 4.32. The van der Waals surface area contributed by atoms with Crippen molar-refractivity contribution in [1.29, 1.82) is 0 Å². The molecule has 0 spiro atoms. The maximum absolute atomic E-state index is 11.8. The lowest BCUT2D eigenvalue weighted by molar-refractivity contribution is -0.145. The van der Waals surface area contributed by atoms with Crippen LogP contribution < -0.4 is 5.32 Å². The zero-order chi connectivity index (χ0) is 14.8. The number of hydrogen-bond acceptors (Lipinski definition) is 2. The van der Waals surface area contributed by atoms with Crippen molar-refractivity contribution in [3.8, 4) is 0 Å². The van der Waals surface area contributed by atoms with Crippen LogP contribution >= 0.6 is 27.5 Å². The number of rotatable bonds is 4. The van der Waals surface area contributed by atoms with Crippen molar-refractivity contribution in [2.45, 2.75) is 50.6 Å². The van der Waals surface area contributed by atoms with Gasteiger partial charge in [0.2, 0.25) is 0 Å². The molecule has 2 rings (SSSR count).